The molecule has 0 aromatic heterocycles. The van der Waals surface area contributed by atoms with Crippen LogP contribution in [0, 0.1) is 0 Å². The third kappa shape index (κ3) is 4.67. The number of rotatable bonds is 6. The van der Waals surface area contributed by atoms with E-state index in [9.17, 15) is 0 Å². The molecule has 1 saturated heterocycles. The van der Waals surface area contributed by atoms with Gasteiger partial charge in [-0.1, -0.05) is 34.1 Å². The quantitative estimate of drug-likeness (QED) is 0.581. The van der Waals surface area contributed by atoms with Crippen LogP contribution in [0.5, 0.6) is 11.5 Å². The summed E-state index contributed by atoms with van der Waals surface area (Å²) in [5, 5.41) is 0. The van der Waals surface area contributed by atoms with E-state index in [1.165, 1.54) is 43.2 Å². The van der Waals surface area contributed by atoms with E-state index in [2.05, 4.69) is 63.3 Å². The van der Waals surface area contributed by atoms with Crippen LogP contribution < -0.4 is 9.47 Å². The molecule has 0 bridgehead atoms. The number of likely N-dealkylation sites (tertiary alicyclic amines) is 1. The summed E-state index contributed by atoms with van der Waals surface area (Å²) in [6, 6.07) is 15.1. The second-order valence-corrected chi connectivity index (χ2v) is 8.69. The summed E-state index contributed by atoms with van der Waals surface area (Å²) >= 11 is 3.52. The molecule has 0 amide bonds. The van der Waals surface area contributed by atoms with Gasteiger partial charge in [0.15, 0.2) is 0 Å². The molecule has 4 heteroatoms. The fraction of sp³-hybridized carbons (Fsp3) is 0.478. The molecule has 27 heavy (non-hydrogen) atoms. The van der Waals surface area contributed by atoms with Crippen molar-refractivity contribution in [2.75, 3.05) is 20.2 Å². The Balaban J connectivity index is 1.46. The van der Waals surface area contributed by atoms with Gasteiger partial charge in [0.05, 0.1) is 13.2 Å². The normalized spacial score (nSPS) is 20.9. The van der Waals surface area contributed by atoms with E-state index in [4.69, 9.17) is 9.47 Å². The van der Waals surface area contributed by atoms with Crippen molar-refractivity contribution < 1.29 is 9.47 Å². The molecule has 0 spiro atoms. The highest BCUT2D eigenvalue weighted by Crippen LogP contribution is 2.38. The van der Waals surface area contributed by atoms with Crippen molar-refractivity contribution in [1.82, 2.24) is 4.90 Å². The summed E-state index contributed by atoms with van der Waals surface area (Å²) in [5.41, 5.74) is 2.72. The molecule has 1 saturated carbocycles. The molecule has 4 rings (SSSR count). The van der Waals surface area contributed by atoms with Crippen LogP contribution in [0.4, 0.5) is 0 Å². The van der Waals surface area contributed by atoms with Gasteiger partial charge in [-0.25, -0.2) is 0 Å². The molecule has 1 aliphatic carbocycles. The monoisotopic (exact) mass is 429 g/mol. The van der Waals surface area contributed by atoms with Crippen LogP contribution in [0.1, 0.15) is 49.1 Å². The maximum absolute atomic E-state index is 6.42. The van der Waals surface area contributed by atoms with Crippen LogP contribution in [0.3, 0.4) is 0 Å². The maximum atomic E-state index is 6.42. The predicted octanol–water partition coefficient (Wildman–Crippen LogP) is 5.77. The Hall–Kier alpha value is -1.52. The summed E-state index contributed by atoms with van der Waals surface area (Å²) in [5.74, 6) is 2.45. The third-order valence-electron chi connectivity index (χ3n) is 5.85. The lowest BCUT2D eigenvalue weighted by Gasteiger charge is -2.21. The molecule has 1 aliphatic heterocycles. The second kappa shape index (κ2) is 8.66. The summed E-state index contributed by atoms with van der Waals surface area (Å²) in [6.45, 7) is 3.23. The Labute approximate surface area is 170 Å². The van der Waals surface area contributed by atoms with Crippen LogP contribution in [-0.4, -0.2) is 31.2 Å². The highest BCUT2D eigenvalue weighted by molar-refractivity contribution is 9.10. The van der Waals surface area contributed by atoms with Gasteiger partial charge in [0, 0.05) is 29.5 Å². The van der Waals surface area contributed by atoms with Crippen LogP contribution in [-0.2, 0) is 6.54 Å². The number of methoxy groups -OCH3 is 1. The zero-order valence-electron chi connectivity index (χ0n) is 16.0. The van der Waals surface area contributed by atoms with E-state index < -0.39 is 0 Å². The average Bonchev–Trinajstić information content (AvgIpc) is 3.36. The molecule has 2 aliphatic rings. The zero-order valence-corrected chi connectivity index (χ0v) is 17.6. The Kier molecular flexibility index (Phi) is 6.04. The van der Waals surface area contributed by atoms with Gasteiger partial charge in [-0.2, -0.15) is 0 Å². The lowest BCUT2D eigenvalue weighted by molar-refractivity contribution is 0.206. The van der Waals surface area contributed by atoms with Crippen molar-refractivity contribution in [3.05, 3.63) is 58.1 Å². The first-order valence-electron chi connectivity index (χ1n) is 10.0. The van der Waals surface area contributed by atoms with Gasteiger partial charge in [-0.3, -0.25) is 4.90 Å². The third-order valence-corrected chi connectivity index (χ3v) is 6.38. The van der Waals surface area contributed by atoms with Gasteiger partial charge in [0.25, 0.3) is 0 Å². The van der Waals surface area contributed by atoms with Crippen LogP contribution >= 0.6 is 15.9 Å². The van der Waals surface area contributed by atoms with Crippen molar-refractivity contribution >= 4 is 15.9 Å². The Morgan fingerprint density at radius 2 is 1.81 bits per heavy atom. The molecular formula is C23H28BrNO2. The molecule has 2 aromatic rings. The molecule has 2 fully saturated rings. The van der Waals surface area contributed by atoms with E-state index in [-0.39, 0.29) is 0 Å². The fourth-order valence-electron chi connectivity index (χ4n) is 4.34. The van der Waals surface area contributed by atoms with Crippen molar-refractivity contribution in [3.63, 3.8) is 0 Å². The van der Waals surface area contributed by atoms with Crippen molar-refractivity contribution in [1.29, 1.82) is 0 Å². The second-order valence-electron chi connectivity index (χ2n) is 7.78. The van der Waals surface area contributed by atoms with E-state index in [0.717, 1.165) is 35.6 Å². The fourth-order valence-corrected chi connectivity index (χ4v) is 4.61. The standard InChI is InChI=1S/C23H28BrNO2/c1-26-21-10-11-22(23(14-21)27-20-4-2-3-5-20)18-12-13-25(16-18)15-17-6-8-19(24)9-7-17/h6-11,14,18,20H,2-5,12-13,15-16H2,1H3. The van der Waals surface area contributed by atoms with E-state index >= 15 is 0 Å². The van der Waals surface area contributed by atoms with Gasteiger partial charge in [0.1, 0.15) is 11.5 Å². The highest BCUT2D eigenvalue weighted by Gasteiger charge is 2.28. The Bertz CT molecular complexity index is 755. The Morgan fingerprint density at radius 1 is 1.04 bits per heavy atom. The highest BCUT2D eigenvalue weighted by atomic mass is 79.9. The number of hydrogen-bond acceptors (Lipinski definition) is 3. The molecule has 3 nitrogen and oxygen atoms in total. The first-order chi connectivity index (χ1) is 13.2. The van der Waals surface area contributed by atoms with Gasteiger partial charge >= 0.3 is 0 Å². The summed E-state index contributed by atoms with van der Waals surface area (Å²) in [6.07, 6.45) is 6.48. The number of ether oxygens (including phenoxy) is 2. The van der Waals surface area contributed by atoms with Crippen molar-refractivity contribution in [3.8, 4) is 11.5 Å². The molecule has 2 aromatic carbocycles. The predicted molar refractivity (Wildman–Crippen MR) is 113 cm³/mol. The first-order valence-corrected chi connectivity index (χ1v) is 10.8. The number of hydrogen-bond donors (Lipinski definition) is 0. The SMILES string of the molecule is COc1ccc(C2CCN(Cc3ccc(Br)cc3)C2)c(OC2CCCC2)c1. The van der Waals surface area contributed by atoms with Crippen molar-refractivity contribution in [2.45, 2.75) is 50.7 Å². The average molecular weight is 430 g/mol. The molecule has 0 radical (unpaired) electrons. The largest absolute Gasteiger partial charge is 0.497 e. The summed E-state index contributed by atoms with van der Waals surface area (Å²) in [7, 11) is 1.73. The first kappa shape index (κ1) is 18.8. The minimum absolute atomic E-state index is 0.371. The van der Waals surface area contributed by atoms with E-state index in [0.29, 0.717) is 12.0 Å². The minimum atomic E-state index is 0.371. The number of benzene rings is 2. The molecule has 1 atom stereocenters. The molecule has 1 unspecified atom stereocenters. The lowest BCUT2D eigenvalue weighted by atomic mass is 9.97. The topological polar surface area (TPSA) is 21.7 Å². The van der Waals surface area contributed by atoms with Crippen LogP contribution in [0.2, 0.25) is 0 Å². The van der Waals surface area contributed by atoms with Gasteiger partial charge in [0.2, 0.25) is 0 Å². The molecular weight excluding hydrogens is 402 g/mol. The van der Waals surface area contributed by atoms with Gasteiger partial charge in [-0.05, 0) is 68.0 Å². The smallest absolute Gasteiger partial charge is 0.126 e. The summed E-state index contributed by atoms with van der Waals surface area (Å²) < 4.78 is 13.0. The van der Waals surface area contributed by atoms with E-state index in [1.807, 2.05) is 0 Å². The number of halogens is 1. The maximum Gasteiger partial charge on any atom is 0.126 e. The lowest BCUT2D eigenvalue weighted by Crippen LogP contribution is -2.20. The molecule has 1 heterocycles. The Morgan fingerprint density at radius 3 is 2.56 bits per heavy atom. The zero-order chi connectivity index (χ0) is 18.6. The minimum Gasteiger partial charge on any atom is -0.497 e. The van der Waals surface area contributed by atoms with Gasteiger partial charge < -0.3 is 9.47 Å². The van der Waals surface area contributed by atoms with Gasteiger partial charge in [-0.15, -0.1) is 0 Å². The number of nitrogens with zero attached hydrogens (tertiary/aromatic N) is 1. The van der Waals surface area contributed by atoms with Crippen LogP contribution in [0.15, 0.2) is 46.9 Å². The van der Waals surface area contributed by atoms with Crippen LogP contribution in [0.25, 0.3) is 0 Å². The molecule has 0 N–H and O–H groups in total. The molecule has 144 valence electrons. The summed E-state index contributed by atoms with van der Waals surface area (Å²) in [4.78, 5) is 2.55. The van der Waals surface area contributed by atoms with Crippen molar-refractivity contribution in [2.24, 2.45) is 0 Å². The van der Waals surface area contributed by atoms with E-state index in [1.54, 1.807) is 7.11 Å².